The largest absolute Gasteiger partial charge is 0.465 e. The Bertz CT molecular complexity index is 420. The molecule has 0 aliphatic carbocycles. The van der Waals surface area contributed by atoms with Crippen LogP contribution in [0.3, 0.4) is 0 Å². The molecule has 1 atom stereocenters. The average Bonchev–Trinajstić information content (AvgIpc) is 2.72. The van der Waals surface area contributed by atoms with Crippen molar-refractivity contribution >= 4 is 15.8 Å². The molecule has 1 unspecified atom stereocenters. The number of sulfone groups is 1. The standard InChI is InChI=1S/C13H26N2O4S/c1-4-15(5-2)9-8-14-13(12(16)19-6-3)7-10-20(17,18)11-13/h14H,4-11H2,1-3H3. The van der Waals surface area contributed by atoms with Gasteiger partial charge in [0.25, 0.3) is 0 Å². The van der Waals surface area contributed by atoms with Gasteiger partial charge in [0.1, 0.15) is 5.54 Å². The molecular weight excluding hydrogens is 280 g/mol. The van der Waals surface area contributed by atoms with Crippen molar-refractivity contribution in [3.8, 4) is 0 Å². The highest BCUT2D eigenvalue weighted by Gasteiger charge is 2.48. The van der Waals surface area contributed by atoms with Gasteiger partial charge >= 0.3 is 5.97 Å². The lowest BCUT2D eigenvalue weighted by atomic mass is 9.99. The Morgan fingerprint density at radius 1 is 1.30 bits per heavy atom. The second-order valence-corrected chi connectivity index (χ2v) is 7.28. The van der Waals surface area contributed by atoms with E-state index in [1.54, 1.807) is 6.92 Å². The van der Waals surface area contributed by atoms with E-state index in [0.29, 0.717) is 13.0 Å². The predicted molar refractivity (Wildman–Crippen MR) is 78.4 cm³/mol. The molecule has 1 heterocycles. The van der Waals surface area contributed by atoms with E-state index in [4.69, 9.17) is 4.74 Å². The van der Waals surface area contributed by atoms with E-state index in [1.807, 2.05) is 0 Å². The Hall–Kier alpha value is -0.660. The van der Waals surface area contributed by atoms with Crippen molar-refractivity contribution in [3.63, 3.8) is 0 Å². The van der Waals surface area contributed by atoms with Gasteiger partial charge in [-0.25, -0.2) is 8.42 Å². The van der Waals surface area contributed by atoms with Crippen molar-refractivity contribution in [1.29, 1.82) is 0 Å². The summed E-state index contributed by atoms with van der Waals surface area (Å²) in [6.07, 6.45) is 0.298. The maximum atomic E-state index is 12.1. The molecule has 0 aromatic heterocycles. The quantitative estimate of drug-likeness (QED) is 0.638. The molecule has 0 aromatic carbocycles. The first-order valence-electron chi connectivity index (χ1n) is 7.24. The molecule has 0 bridgehead atoms. The van der Waals surface area contributed by atoms with E-state index >= 15 is 0 Å². The summed E-state index contributed by atoms with van der Waals surface area (Å²) in [7, 11) is -3.16. The van der Waals surface area contributed by atoms with Crippen molar-refractivity contribution in [2.24, 2.45) is 0 Å². The molecule has 0 spiro atoms. The summed E-state index contributed by atoms with van der Waals surface area (Å²) in [4.78, 5) is 14.3. The van der Waals surface area contributed by atoms with Crippen LogP contribution >= 0.6 is 0 Å². The summed E-state index contributed by atoms with van der Waals surface area (Å²) in [6.45, 7) is 9.37. The van der Waals surface area contributed by atoms with E-state index < -0.39 is 21.3 Å². The van der Waals surface area contributed by atoms with Gasteiger partial charge in [0.2, 0.25) is 0 Å². The van der Waals surface area contributed by atoms with Crippen LogP contribution in [0, 0.1) is 0 Å². The minimum absolute atomic E-state index is 0.0457. The van der Waals surface area contributed by atoms with Crippen LogP contribution in [0.25, 0.3) is 0 Å². The van der Waals surface area contributed by atoms with Crippen molar-refractivity contribution < 1.29 is 17.9 Å². The third kappa shape index (κ3) is 4.43. The summed E-state index contributed by atoms with van der Waals surface area (Å²) in [5, 5.41) is 3.14. The second-order valence-electron chi connectivity index (χ2n) is 5.10. The van der Waals surface area contributed by atoms with Crippen molar-refractivity contribution in [2.75, 3.05) is 44.3 Å². The third-order valence-corrected chi connectivity index (χ3v) is 5.52. The Labute approximate surface area is 121 Å². The zero-order valence-corrected chi connectivity index (χ0v) is 13.5. The number of rotatable bonds is 8. The van der Waals surface area contributed by atoms with Crippen molar-refractivity contribution in [1.82, 2.24) is 10.2 Å². The molecule has 6 nitrogen and oxygen atoms in total. The van der Waals surface area contributed by atoms with Crippen LogP contribution in [-0.2, 0) is 19.4 Å². The third-order valence-electron chi connectivity index (χ3n) is 3.76. The van der Waals surface area contributed by atoms with Gasteiger partial charge in [-0.3, -0.25) is 10.1 Å². The van der Waals surface area contributed by atoms with Gasteiger partial charge in [-0.2, -0.15) is 0 Å². The number of esters is 1. The lowest BCUT2D eigenvalue weighted by Crippen LogP contribution is -2.55. The molecule has 0 amide bonds. The summed E-state index contributed by atoms with van der Waals surface area (Å²) in [5.74, 6) is -0.554. The lowest BCUT2D eigenvalue weighted by molar-refractivity contribution is -0.150. The molecule has 1 saturated heterocycles. The van der Waals surface area contributed by atoms with Crippen LogP contribution in [0.15, 0.2) is 0 Å². The monoisotopic (exact) mass is 306 g/mol. The Morgan fingerprint density at radius 3 is 2.40 bits per heavy atom. The number of carbonyl (C=O) groups excluding carboxylic acids is 1. The Morgan fingerprint density at radius 2 is 1.95 bits per heavy atom. The molecule has 1 aliphatic heterocycles. The van der Waals surface area contributed by atoms with Crippen LogP contribution < -0.4 is 5.32 Å². The first kappa shape index (κ1) is 17.4. The molecule has 1 fully saturated rings. The molecule has 20 heavy (non-hydrogen) atoms. The van der Waals surface area contributed by atoms with Crippen molar-refractivity contribution in [3.05, 3.63) is 0 Å². The molecule has 0 aromatic rings. The summed E-state index contributed by atoms with van der Waals surface area (Å²) in [5.41, 5.74) is -1.05. The lowest BCUT2D eigenvalue weighted by Gasteiger charge is -2.28. The van der Waals surface area contributed by atoms with Gasteiger partial charge in [-0.05, 0) is 26.4 Å². The molecule has 1 rings (SSSR count). The molecule has 1 aliphatic rings. The maximum Gasteiger partial charge on any atom is 0.327 e. The van der Waals surface area contributed by atoms with Crippen LogP contribution in [0.5, 0.6) is 0 Å². The highest BCUT2D eigenvalue weighted by atomic mass is 32.2. The van der Waals surface area contributed by atoms with Gasteiger partial charge in [0, 0.05) is 13.1 Å². The molecule has 0 radical (unpaired) electrons. The minimum atomic E-state index is -3.16. The maximum absolute atomic E-state index is 12.1. The SMILES string of the molecule is CCOC(=O)C1(NCCN(CC)CC)CCS(=O)(=O)C1. The Kier molecular flexibility index (Phi) is 6.42. The number of hydrogen-bond acceptors (Lipinski definition) is 6. The van der Waals surface area contributed by atoms with E-state index in [9.17, 15) is 13.2 Å². The van der Waals surface area contributed by atoms with E-state index in [0.717, 1.165) is 19.6 Å². The summed E-state index contributed by atoms with van der Waals surface area (Å²) in [6, 6.07) is 0. The number of likely N-dealkylation sites (N-methyl/N-ethyl adjacent to an activating group) is 1. The molecule has 118 valence electrons. The second kappa shape index (κ2) is 7.38. The van der Waals surface area contributed by atoms with Crippen LogP contribution in [-0.4, -0.2) is 69.1 Å². The first-order chi connectivity index (χ1) is 9.39. The number of nitrogens with zero attached hydrogens (tertiary/aromatic N) is 1. The normalized spacial score (nSPS) is 25.0. The van der Waals surface area contributed by atoms with Crippen LogP contribution in [0.1, 0.15) is 27.2 Å². The number of nitrogens with one attached hydrogen (secondary N) is 1. The van der Waals surface area contributed by atoms with Crippen molar-refractivity contribution in [2.45, 2.75) is 32.7 Å². The van der Waals surface area contributed by atoms with Gasteiger partial charge in [0.15, 0.2) is 9.84 Å². The highest BCUT2D eigenvalue weighted by molar-refractivity contribution is 7.91. The molecule has 7 heteroatoms. The fraction of sp³-hybridized carbons (Fsp3) is 0.923. The summed E-state index contributed by atoms with van der Waals surface area (Å²) >= 11 is 0. The Balaban J connectivity index is 2.68. The van der Waals surface area contributed by atoms with E-state index in [1.165, 1.54) is 0 Å². The molecular formula is C13H26N2O4S. The zero-order valence-electron chi connectivity index (χ0n) is 12.6. The van der Waals surface area contributed by atoms with Gasteiger partial charge in [-0.1, -0.05) is 13.8 Å². The van der Waals surface area contributed by atoms with Gasteiger partial charge in [-0.15, -0.1) is 0 Å². The highest BCUT2D eigenvalue weighted by Crippen LogP contribution is 2.25. The average molecular weight is 306 g/mol. The predicted octanol–water partition coefficient (Wildman–Crippen LogP) is 0.0382. The zero-order chi connectivity index (χ0) is 15.2. The van der Waals surface area contributed by atoms with Crippen LogP contribution in [0.4, 0.5) is 0 Å². The van der Waals surface area contributed by atoms with Gasteiger partial charge < -0.3 is 9.64 Å². The van der Waals surface area contributed by atoms with Gasteiger partial charge in [0.05, 0.1) is 18.1 Å². The van der Waals surface area contributed by atoms with Crippen LogP contribution in [0.2, 0.25) is 0 Å². The molecule has 0 saturated carbocycles. The molecule has 1 N–H and O–H groups in total. The number of carbonyl (C=O) groups is 1. The van der Waals surface area contributed by atoms with E-state index in [2.05, 4.69) is 24.1 Å². The smallest absolute Gasteiger partial charge is 0.327 e. The number of hydrogen-bond donors (Lipinski definition) is 1. The van der Waals surface area contributed by atoms with E-state index in [-0.39, 0.29) is 18.1 Å². The number of ether oxygens (including phenoxy) is 1. The minimum Gasteiger partial charge on any atom is -0.465 e. The first-order valence-corrected chi connectivity index (χ1v) is 9.06. The fourth-order valence-corrected chi connectivity index (χ4v) is 4.40. The summed E-state index contributed by atoms with van der Waals surface area (Å²) < 4.78 is 28.5. The fourth-order valence-electron chi connectivity index (χ4n) is 2.48. The topological polar surface area (TPSA) is 75.7 Å².